The van der Waals surface area contributed by atoms with E-state index < -0.39 is 28.5 Å². The van der Waals surface area contributed by atoms with Gasteiger partial charge in [-0.25, -0.2) is 0 Å². The van der Waals surface area contributed by atoms with Gasteiger partial charge in [-0.2, -0.15) is 0 Å². The predicted octanol–water partition coefficient (Wildman–Crippen LogP) is 5.37. The van der Waals surface area contributed by atoms with Gasteiger partial charge in [-0.05, 0) is 42.4 Å². The molecule has 9 heteroatoms. The van der Waals surface area contributed by atoms with Crippen LogP contribution in [0.1, 0.15) is 85.6 Å². The van der Waals surface area contributed by atoms with Crippen LogP contribution in [0.2, 0.25) is 0 Å². The first kappa shape index (κ1) is 30.4. The smallest absolute Gasteiger partial charge is 0.306 e. The van der Waals surface area contributed by atoms with Gasteiger partial charge in [0.05, 0.1) is 44.6 Å². The fourth-order valence-electron chi connectivity index (χ4n) is 10.2. The molecule has 4 fully saturated rings. The van der Waals surface area contributed by atoms with E-state index in [9.17, 15) is 14.4 Å². The molecule has 0 bridgehead atoms. The predicted molar refractivity (Wildman–Crippen MR) is 155 cm³/mol. The average molecular weight is 599 g/mol. The van der Waals surface area contributed by atoms with Crippen LogP contribution in [0.4, 0.5) is 0 Å². The summed E-state index contributed by atoms with van der Waals surface area (Å²) >= 11 is 0. The summed E-state index contributed by atoms with van der Waals surface area (Å²) in [6.07, 6.45) is 3.10. The normalized spacial score (nSPS) is 42.8. The second-order valence-electron chi connectivity index (χ2n) is 14.6. The first-order chi connectivity index (χ1) is 20.3. The molecule has 2 aliphatic heterocycles. The second kappa shape index (κ2) is 10.5. The van der Waals surface area contributed by atoms with E-state index in [4.69, 9.17) is 28.1 Å². The minimum atomic E-state index is -0.710. The topological polar surface area (TPSA) is 111 Å². The van der Waals surface area contributed by atoms with Crippen LogP contribution in [0.25, 0.3) is 0 Å². The van der Waals surface area contributed by atoms with Gasteiger partial charge in [0.1, 0.15) is 12.2 Å². The van der Waals surface area contributed by atoms with E-state index in [0.29, 0.717) is 13.0 Å². The molecule has 6 rings (SSSR count). The van der Waals surface area contributed by atoms with Crippen molar-refractivity contribution in [1.29, 1.82) is 0 Å². The molecule has 236 valence electrons. The maximum absolute atomic E-state index is 13.3. The number of esters is 3. The number of allylic oxidation sites excluding steroid dienone is 1. The zero-order valence-electron chi connectivity index (χ0n) is 26.6. The molecule has 3 heterocycles. The molecule has 43 heavy (non-hydrogen) atoms. The van der Waals surface area contributed by atoms with Crippen molar-refractivity contribution < 1.29 is 42.5 Å². The van der Waals surface area contributed by atoms with Gasteiger partial charge in [0, 0.05) is 54.3 Å². The molecule has 0 amide bonds. The monoisotopic (exact) mass is 598 g/mol. The van der Waals surface area contributed by atoms with Crippen molar-refractivity contribution in [1.82, 2.24) is 0 Å². The maximum Gasteiger partial charge on any atom is 0.306 e. The minimum Gasteiger partial charge on any atom is -0.472 e. The molecule has 1 aromatic heterocycles. The molecule has 11 atom stereocenters. The molecular formula is C34H46O9. The van der Waals surface area contributed by atoms with Crippen LogP contribution in [-0.2, 0) is 38.1 Å². The molecule has 5 aliphatic rings. The summed E-state index contributed by atoms with van der Waals surface area (Å²) in [4.78, 5) is 39.0. The number of fused-ring (bicyclic) bond motifs is 4. The molecule has 1 aromatic rings. The van der Waals surface area contributed by atoms with E-state index in [0.717, 1.165) is 12.0 Å². The molecular weight excluding hydrogens is 552 g/mol. The van der Waals surface area contributed by atoms with E-state index >= 15 is 0 Å². The first-order valence-corrected chi connectivity index (χ1v) is 15.7. The zero-order valence-corrected chi connectivity index (χ0v) is 26.6. The average Bonchev–Trinajstić information content (AvgIpc) is 3.69. The van der Waals surface area contributed by atoms with Gasteiger partial charge in [-0.3, -0.25) is 14.4 Å². The lowest BCUT2D eigenvalue weighted by atomic mass is 9.40. The highest BCUT2D eigenvalue weighted by atomic mass is 16.6. The van der Waals surface area contributed by atoms with Crippen molar-refractivity contribution in [2.24, 2.45) is 34.0 Å². The number of ether oxygens (including phenoxy) is 5. The summed E-state index contributed by atoms with van der Waals surface area (Å²) in [5.74, 6) is -1.21. The highest BCUT2D eigenvalue weighted by Crippen LogP contribution is 2.74. The van der Waals surface area contributed by atoms with Crippen LogP contribution < -0.4 is 0 Å². The van der Waals surface area contributed by atoms with Crippen LogP contribution in [0.3, 0.4) is 0 Å². The van der Waals surface area contributed by atoms with Gasteiger partial charge in [-0.1, -0.05) is 40.2 Å². The Labute approximate surface area is 254 Å². The third-order valence-corrected chi connectivity index (χ3v) is 11.8. The second-order valence-corrected chi connectivity index (χ2v) is 14.6. The molecule has 0 aromatic carbocycles. The zero-order chi connectivity index (χ0) is 31.1. The molecule has 0 N–H and O–H groups in total. The number of hydrogen-bond donors (Lipinski definition) is 0. The SMILES string of the molecule is COC(=O)C[C@H]1[C@]2(C)C3=C(C)[C@H](c4ccoc4)C[C@@H]3O[C@@H]2[C@@H]2OC[C@]3(C)[C@H](OC(C)=O)C[C@H](OC(=O)CC(C)C)[C@@]1(C)[C@@H]23. The standard InChI is InChI=1S/C34H46O9/c1-17(2)11-27(37)43-25-14-24(41-19(4)35)32(5)16-40-29-30(32)33(25,6)23(13-26(36)38-8)34(7)28-18(3)21(20-9-10-39-15-20)12-22(28)42-31(29)34/h9-10,15,17,21-25,29-31H,11-14,16H2,1-8H3/t21-,22+,23-,24-,25+,29-,30+,31-,32-,33+,34-/m1/s1. The van der Waals surface area contributed by atoms with Crippen LogP contribution in [0.15, 0.2) is 34.2 Å². The Hall–Kier alpha value is -2.65. The van der Waals surface area contributed by atoms with Gasteiger partial charge in [0.25, 0.3) is 0 Å². The van der Waals surface area contributed by atoms with E-state index in [1.54, 1.807) is 12.5 Å². The fraction of sp³-hybridized carbons (Fsp3) is 0.735. The Morgan fingerprint density at radius 3 is 2.44 bits per heavy atom. The Bertz CT molecular complexity index is 1310. The van der Waals surface area contributed by atoms with Gasteiger partial charge >= 0.3 is 17.9 Å². The van der Waals surface area contributed by atoms with Crippen molar-refractivity contribution in [3.8, 4) is 0 Å². The van der Waals surface area contributed by atoms with Gasteiger partial charge < -0.3 is 28.1 Å². The molecule has 3 aliphatic carbocycles. The molecule has 9 nitrogen and oxygen atoms in total. The number of carbonyl (C=O) groups is 3. The summed E-state index contributed by atoms with van der Waals surface area (Å²) < 4.78 is 36.9. The fourth-order valence-corrected chi connectivity index (χ4v) is 10.2. The summed E-state index contributed by atoms with van der Waals surface area (Å²) in [7, 11) is 1.42. The van der Waals surface area contributed by atoms with Crippen LogP contribution in [0, 0.1) is 34.0 Å². The third-order valence-electron chi connectivity index (χ3n) is 11.8. The first-order valence-electron chi connectivity index (χ1n) is 15.7. The molecule has 0 radical (unpaired) electrons. The lowest BCUT2D eigenvalue weighted by molar-refractivity contribution is -0.252. The van der Waals surface area contributed by atoms with Crippen molar-refractivity contribution >= 4 is 17.9 Å². The Kier molecular flexibility index (Phi) is 7.40. The summed E-state index contributed by atoms with van der Waals surface area (Å²) in [5.41, 5.74) is 1.68. The number of carbonyl (C=O) groups excluding carboxylic acids is 3. The highest BCUT2D eigenvalue weighted by Gasteiger charge is 2.78. The third kappa shape index (κ3) is 4.35. The van der Waals surface area contributed by atoms with E-state index in [-0.39, 0.29) is 72.7 Å². The van der Waals surface area contributed by atoms with Crippen molar-refractivity contribution in [3.63, 3.8) is 0 Å². The molecule has 2 saturated heterocycles. The number of rotatable bonds is 7. The quantitative estimate of drug-likeness (QED) is 0.232. The maximum atomic E-state index is 13.3. The minimum absolute atomic E-state index is 0.121. The largest absolute Gasteiger partial charge is 0.472 e. The number of furan rings is 1. The van der Waals surface area contributed by atoms with Crippen molar-refractivity contribution in [2.45, 2.75) is 111 Å². The summed E-state index contributed by atoms with van der Waals surface area (Å²) in [6, 6.07) is 2.01. The highest BCUT2D eigenvalue weighted by molar-refractivity contribution is 5.71. The van der Waals surface area contributed by atoms with E-state index in [1.807, 2.05) is 19.9 Å². The Morgan fingerprint density at radius 2 is 1.81 bits per heavy atom. The van der Waals surface area contributed by atoms with Crippen LogP contribution in [0.5, 0.6) is 0 Å². The van der Waals surface area contributed by atoms with Crippen molar-refractivity contribution in [3.05, 3.63) is 35.3 Å². The molecule has 0 unspecified atom stereocenters. The number of methoxy groups -OCH3 is 1. The lowest BCUT2D eigenvalue weighted by Crippen LogP contribution is -2.71. The van der Waals surface area contributed by atoms with E-state index in [1.165, 1.54) is 25.2 Å². The molecule has 0 spiro atoms. The lowest BCUT2D eigenvalue weighted by Gasteiger charge is -2.65. The number of hydrogen-bond acceptors (Lipinski definition) is 9. The Morgan fingerprint density at radius 1 is 1.07 bits per heavy atom. The van der Waals surface area contributed by atoms with Crippen LogP contribution >= 0.6 is 0 Å². The Balaban J connectivity index is 1.53. The van der Waals surface area contributed by atoms with E-state index in [2.05, 4.69) is 27.7 Å². The summed E-state index contributed by atoms with van der Waals surface area (Å²) in [6.45, 7) is 14.4. The van der Waals surface area contributed by atoms with Gasteiger partial charge in [0.15, 0.2) is 0 Å². The molecule has 2 saturated carbocycles. The van der Waals surface area contributed by atoms with Crippen LogP contribution in [-0.4, -0.2) is 62.1 Å². The van der Waals surface area contributed by atoms with Gasteiger partial charge in [-0.15, -0.1) is 0 Å². The van der Waals surface area contributed by atoms with Gasteiger partial charge in [0.2, 0.25) is 0 Å². The summed E-state index contributed by atoms with van der Waals surface area (Å²) in [5, 5.41) is 0. The van der Waals surface area contributed by atoms with Crippen molar-refractivity contribution in [2.75, 3.05) is 13.7 Å².